The molecule has 0 radical (unpaired) electrons. The molecule has 1 fully saturated rings. The van der Waals surface area contributed by atoms with Crippen LogP contribution in [0.1, 0.15) is 18.4 Å². The quantitative estimate of drug-likeness (QED) is 0.402. The van der Waals surface area contributed by atoms with E-state index < -0.39 is 0 Å². The molecule has 4 nitrogen and oxygen atoms in total. The lowest BCUT2D eigenvalue weighted by atomic mass is 9.88. The fourth-order valence-corrected chi connectivity index (χ4v) is 2.14. The maximum absolute atomic E-state index is 9.74. The van der Waals surface area contributed by atoms with Crippen LogP contribution >= 0.6 is 0 Å². The Morgan fingerprint density at radius 3 is 2.56 bits per heavy atom. The molecule has 1 aromatic carbocycles. The number of nitrogens with zero attached hydrogens (tertiary/aromatic N) is 1. The minimum Gasteiger partial charge on any atom is -0.507 e. The van der Waals surface area contributed by atoms with E-state index in [1.165, 1.54) is 0 Å². The van der Waals surface area contributed by atoms with Crippen LogP contribution in [0, 0.1) is 5.92 Å². The molecular weight excluding hydrogens is 204 g/mol. The first-order chi connectivity index (χ1) is 7.83. The number of aromatic hydroxyl groups is 1. The van der Waals surface area contributed by atoms with Crippen molar-refractivity contribution < 1.29 is 10.3 Å². The van der Waals surface area contributed by atoms with Gasteiger partial charge in [0.2, 0.25) is 0 Å². The first-order valence-electron chi connectivity index (χ1n) is 5.54. The summed E-state index contributed by atoms with van der Waals surface area (Å²) in [5.41, 5.74) is 1.23. The molecule has 1 saturated heterocycles. The van der Waals surface area contributed by atoms with Crippen LogP contribution in [0.25, 0.3) is 0 Å². The van der Waals surface area contributed by atoms with Crippen molar-refractivity contribution in [2.24, 2.45) is 11.1 Å². The summed E-state index contributed by atoms with van der Waals surface area (Å²) in [4.78, 5) is 0. The highest BCUT2D eigenvalue weighted by Gasteiger charge is 2.22. The molecule has 86 valence electrons. The monoisotopic (exact) mass is 220 g/mol. The minimum atomic E-state index is 0.175. The van der Waals surface area contributed by atoms with Crippen molar-refractivity contribution in [2.45, 2.75) is 12.8 Å². The van der Waals surface area contributed by atoms with Crippen molar-refractivity contribution in [1.29, 1.82) is 0 Å². The maximum atomic E-state index is 9.74. The number of hydrogen-bond donors (Lipinski definition) is 3. The topological polar surface area (TPSA) is 64.9 Å². The molecule has 0 unspecified atom stereocenters. The molecule has 0 atom stereocenters. The van der Waals surface area contributed by atoms with Crippen LogP contribution in [0.4, 0.5) is 0 Å². The zero-order valence-corrected chi connectivity index (χ0v) is 9.06. The number of oxime groups is 1. The number of phenolic OH excluding ortho intramolecular Hbond substituents is 1. The lowest BCUT2D eigenvalue weighted by Crippen LogP contribution is -2.32. The van der Waals surface area contributed by atoms with Gasteiger partial charge in [0.25, 0.3) is 0 Å². The summed E-state index contributed by atoms with van der Waals surface area (Å²) in [6.45, 7) is 1.86. The molecule has 1 aliphatic heterocycles. The van der Waals surface area contributed by atoms with Crippen LogP contribution in [0.2, 0.25) is 0 Å². The number of piperidine rings is 1. The van der Waals surface area contributed by atoms with Crippen LogP contribution in [-0.4, -0.2) is 29.1 Å². The summed E-state index contributed by atoms with van der Waals surface area (Å²) in [6.07, 6.45) is 1.88. The third-order valence-corrected chi connectivity index (χ3v) is 3.01. The van der Waals surface area contributed by atoms with Gasteiger partial charge in [-0.2, -0.15) is 0 Å². The van der Waals surface area contributed by atoms with Gasteiger partial charge in [-0.25, -0.2) is 0 Å². The Labute approximate surface area is 94.6 Å². The molecule has 0 saturated carbocycles. The summed E-state index contributed by atoms with van der Waals surface area (Å²) < 4.78 is 0. The molecule has 3 N–H and O–H groups in total. The lowest BCUT2D eigenvalue weighted by molar-refractivity contribution is 0.311. The van der Waals surface area contributed by atoms with Gasteiger partial charge in [0.15, 0.2) is 0 Å². The van der Waals surface area contributed by atoms with Crippen LogP contribution in [-0.2, 0) is 0 Å². The van der Waals surface area contributed by atoms with Gasteiger partial charge in [-0.05, 0) is 38.1 Å². The maximum Gasteiger partial charge on any atom is 0.124 e. The summed E-state index contributed by atoms with van der Waals surface area (Å²) in [7, 11) is 0. The fourth-order valence-electron chi connectivity index (χ4n) is 2.14. The molecule has 0 bridgehead atoms. The predicted octanol–water partition coefficient (Wildman–Crippen LogP) is 1.57. The van der Waals surface area contributed by atoms with E-state index in [-0.39, 0.29) is 11.7 Å². The van der Waals surface area contributed by atoms with Crippen LogP contribution < -0.4 is 5.32 Å². The standard InChI is InChI=1S/C12H16N2O2/c15-11-4-2-1-3-10(11)12(14-16)9-5-7-13-8-6-9/h1-4,9,13,15-16H,5-8H2/b14-12+. The SMILES string of the molecule is O/N=C(/c1ccccc1O)C1CCNCC1. The number of para-hydroxylation sites is 1. The number of phenols is 1. The van der Waals surface area contributed by atoms with Crippen molar-refractivity contribution in [3.05, 3.63) is 29.8 Å². The van der Waals surface area contributed by atoms with Gasteiger partial charge in [-0.15, -0.1) is 0 Å². The van der Waals surface area contributed by atoms with Crippen molar-refractivity contribution in [1.82, 2.24) is 5.32 Å². The Kier molecular flexibility index (Phi) is 3.41. The number of hydrogen-bond acceptors (Lipinski definition) is 4. The Hall–Kier alpha value is -1.55. The van der Waals surface area contributed by atoms with E-state index in [2.05, 4.69) is 10.5 Å². The first kappa shape index (κ1) is 11.0. The molecule has 0 amide bonds. The van der Waals surface area contributed by atoms with Gasteiger partial charge in [-0.1, -0.05) is 17.3 Å². The third-order valence-electron chi connectivity index (χ3n) is 3.01. The van der Waals surface area contributed by atoms with Gasteiger partial charge in [0, 0.05) is 11.5 Å². The summed E-state index contributed by atoms with van der Waals surface area (Å²) in [5.74, 6) is 0.397. The predicted molar refractivity (Wildman–Crippen MR) is 62.0 cm³/mol. The van der Waals surface area contributed by atoms with E-state index in [0.717, 1.165) is 25.9 Å². The van der Waals surface area contributed by atoms with Gasteiger partial charge >= 0.3 is 0 Å². The molecule has 1 aliphatic rings. The molecule has 1 heterocycles. The minimum absolute atomic E-state index is 0.175. The number of benzene rings is 1. The van der Waals surface area contributed by atoms with Crippen molar-refractivity contribution in [3.63, 3.8) is 0 Å². The Bertz CT molecular complexity index is 384. The van der Waals surface area contributed by atoms with Crippen molar-refractivity contribution >= 4 is 5.71 Å². The van der Waals surface area contributed by atoms with Crippen LogP contribution in [0.15, 0.2) is 29.4 Å². The molecular formula is C12H16N2O2. The number of nitrogens with one attached hydrogen (secondary N) is 1. The average molecular weight is 220 g/mol. The largest absolute Gasteiger partial charge is 0.507 e. The van der Waals surface area contributed by atoms with Gasteiger partial charge in [0.05, 0.1) is 5.71 Å². The summed E-state index contributed by atoms with van der Waals surface area (Å²) in [6, 6.07) is 6.99. The van der Waals surface area contributed by atoms with E-state index in [1.54, 1.807) is 18.2 Å². The average Bonchev–Trinajstić information content (AvgIpc) is 2.34. The van der Waals surface area contributed by atoms with Crippen molar-refractivity contribution in [3.8, 4) is 5.75 Å². The zero-order chi connectivity index (χ0) is 11.4. The Morgan fingerprint density at radius 2 is 1.94 bits per heavy atom. The van der Waals surface area contributed by atoms with Gasteiger partial charge < -0.3 is 15.6 Å². The van der Waals surface area contributed by atoms with E-state index in [0.29, 0.717) is 11.3 Å². The molecule has 4 heteroatoms. The highest BCUT2D eigenvalue weighted by Crippen LogP contribution is 2.24. The van der Waals surface area contributed by atoms with E-state index in [9.17, 15) is 5.11 Å². The normalized spacial score (nSPS) is 18.6. The molecule has 0 spiro atoms. The fraction of sp³-hybridized carbons (Fsp3) is 0.417. The second-order valence-electron chi connectivity index (χ2n) is 4.03. The van der Waals surface area contributed by atoms with Gasteiger partial charge in [-0.3, -0.25) is 0 Å². The number of rotatable bonds is 2. The van der Waals surface area contributed by atoms with Crippen LogP contribution in [0.3, 0.4) is 0 Å². The highest BCUT2D eigenvalue weighted by molar-refractivity contribution is 6.04. The molecule has 0 aliphatic carbocycles. The zero-order valence-electron chi connectivity index (χ0n) is 9.06. The van der Waals surface area contributed by atoms with Gasteiger partial charge in [0.1, 0.15) is 5.75 Å². The lowest BCUT2D eigenvalue weighted by Gasteiger charge is -2.23. The van der Waals surface area contributed by atoms with E-state index in [1.807, 2.05) is 6.07 Å². The second kappa shape index (κ2) is 4.99. The summed E-state index contributed by atoms with van der Waals surface area (Å²) in [5, 5.41) is 25.5. The highest BCUT2D eigenvalue weighted by atomic mass is 16.4. The smallest absolute Gasteiger partial charge is 0.124 e. The van der Waals surface area contributed by atoms with E-state index >= 15 is 0 Å². The summed E-state index contributed by atoms with van der Waals surface area (Å²) >= 11 is 0. The van der Waals surface area contributed by atoms with E-state index in [4.69, 9.17) is 5.21 Å². The van der Waals surface area contributed by atoms with Crippen LogP contribution in [0.5, 0.6) is 5.75 Å². The molecule has 16 heavy (non-hydrogen) atoms. The molecule has 1 aromatic rings. The van der Waals surface area contributed by atoms with Crippen molar-refractivity contribution in [2.75, 3.05) is 13.1 Å². The third kappa shape index (κ3) is 2.17. The Balaban J connectivity index is 2.26. The molecule has 2 rings (SSSR count). The second-order valence-corrected chi connectivity index (χ2v) is 4.03. The first-order valence-corrected chi connectivity index (χ1v) is 5.54. The Morgan fingerprint density at radius 1 is 1.25 bits per heavy atom. The molecule has 0 aromatic heterocycles.